The number of carbonyl (C=O) groups is 1. The Morgan fingerprint density at radius 3 is 2.48 bits per heavy atom. The lowest BCUT2D eigenvalue weighted by Gasteiger charge is -2.54. The van der Waals surface area contributed by atoms with Crippen molar-refractivity contribution in [2.75, 3.05) is 11.4 Å². The molecule has 1 aliphatic heterocycles. The average Bonchev–Trinajstić information content (AvgIpc) is 3.00. The molecule has 1 N–H and O–H groups in total. The number of imidazole rings is 1. The number of aryl methyl sites for hydroxylation is 1. The zero-order valence-electron chi connectivity index (χ0n) is 16.6. The molecule has 0 spiro atoms. The number of hydrogen-bond acceptors (Lipinski definition) is 3. The third-order valence-corrected chi connectivity index (χ3v) is 5.41. The molecule has 4 rings (SSSR count). The summed E-state index contributed by atoms with van der Waals surface area (Å²) >= 11 is 0. The number of hydrogen-bond donors (Lipinski definition) is 1. The van der Waals surface area contributed by atoms with Gasteiger partial charge in [-0.15, -0.1) is 0 Å². The number of nitrogens with zero attached hydrogens (tertiary/aromatic N) is 3. The maximum atomic E-state index is 11.4. The standard InChI is InChI=1S/C20H21N3O2.C2H6/c1-20(2)15(19(24)25)12-23(20)14-8-6-7-13(11-14)18-21-16-9-4-5-10-17(16)22(18)3;1-2/h4-11,15H,12H2,1-3H3,(H,24,25);1-2H3. The van der Waals surface area contributed by atoms with Gasteiger partial charge in [0.15, 0.2) is 0 Å². The number of aromatic nitrogens is 2. The van der Waals surface area contributed by atoms with Crippen molar-refractivity contribution in [1.29, 1.82) is 0 Å². The van der Waals surface area contributed by atoms with Crippen LogP contribution in [0.15, 0.2) is 48.5 Å². The van der Waals surface area contributed by atoms with Gasteiger partial charge in [0.1, 0.15) is 5.82 Å². The predicted octanol–water partition coefficient (Wildman–Crippen LogP) is 4.57. The second-order valence-electron chi connectivity index (χ2n) is 7.19. The Kier molecular flexibility index (Phi) is 4.96. The van der Waals surface area contributed by atoms with E-state index in [1.807, 2.05) is 71.1 Å². The van der Waals surface area contributed by atoms with Gasteiger partial charge in [0.2, 0.25) is 0 Å². The first-order valence-corrected chi connectivity index (χ1v) is 9.42. The Hall–Kier alpha value is -2.82. The highest BCUT2D eigenvalue weighted by atomic mass is 16.4. The molecule has 1 aromatic heterocycles. The number of fused-ring (bicyclic) bond motifs is 1. The number of aliphatic carboxylic acids is 1. The molecule has 1 fully saturated rings. The van der Waals surface area contributed by atoms with Gasteiger partial charge in [-0.1, -0.05) is 38.1 Å². The van der Waals surface area contributed by atoms with Gasteiger partial charge in [0, 0.05) is 30.4 Å². The van der Waals surface area contributed by atoms with Crippen LogP contribution in [-0.4, -0.2) is 32.7 Å². The fourth-order valence-corrected chi connectivity index (χ4v) is 3.75. The lowest BCUT2D eigenvalue weighted by atomic mass is 9.76. The summed E-state index contributed by atoms with van der Waals surface area (Å²) in [5.41, 5.74) is 3.74. The van der Waals surface area contributed by atoms with Gasteiger partial charge in [-0.25, -0.2) is 4.98 Å². The monoisotopic (exact) mass is 365 g/mol. The Balaban J connectivity index is 0.00000102. The van der Waals surface area contributed by atoms with E-state index in [4.69, 9.17) is 4.98 Å². The third kappa shape index (κ3) is 3.07. The highest BCUT2D eigenvalue weighted by Crippen LogP contribution is 2.41. The summed E-state index contributed by atoms with van der Waals surface area (Å²) in [6, 6.07) is 16.3. The summed E-state index contributed by atoms with van der Waals surface area (Å²) in [5.74, 6) is -0.157. The van der Waals surface area contributed by atoms with Crippen LogP contribution in [0, 0.1) is 5.92 Å². The van der Waals surface area contributed by atoms with E-state index < -0.39 is 11.5 Å². The lowest BCUT2D eigenvalue weighted by molar-refractivity contribution is -0.146. The quantitative estimate of drug-likeness (QED) is 0.739. The Morgan fingerprint density at radius 1 is 1.15 bits per heavy atom. The van der Waals surface area contributed by atoms with Crippen LogP contribution < -0.4 is 4.90 Å². The van der Waals surface area contributed by atoms with Crippen molar-refractivity contribution >= 4 is 22.7 Å². The van der Waals surface area contributed by atoms with E-state index in [0.717, 1.165) is 28.1 Å². The fraction of sp³-hybridized carbons (Fsp3) is 0.364. The van der Waals surface area contributed by atoms with Crippen molar-refractivity contribution < 1.29 is 9.90 Å². The van der Waals surface area contributed by atoms with E-state index in [-0.39, 0.29) is 5.92 Å². The molecule has 27 heavy (non-hydrogen) atoms. The summed E-state index contributed by atoms with van der Waals surface area (Å²) in [4.78, 5) is 18.3. The number of anilines is 1. The minimum Gasteiger partial charge on any atom is -0.481 e. The topological polar surface area (TPSA) is 58.4 Å². The zero-order chi connectivity index (χ0) is 19.8. The maximum Gasteiger partial charge on any atom is 0.310 e. The molecule has 1 saturated heterocycles. The molecule has 142 valence electrons. The smallest absolute Gasteiger partial charge is 0.310 e. The third-order valence-electron chi connectivity index (χ3n) is 5.41. The molecule has 2 heterocycles. The first-order chi connectivity index (χ1) is 12.9. The fourth-order valence-electron chi connectivity index (χ4n) is 3.75. The number of carboxylic acids is 1. The normalized spacial score (nSPS) is 17.8. The molecule has 1 aliphatic rings. The molecular weight excluding hydrogens is 338 g/mol. The van der Waals surface area contributed by atoms with Crippen molar-refractivity contribution in [3.05, 3.63) is 48.5 Å². The van der Waals surface area contributed by atoms with Crippen molar-refractivity contribution in [3.63, 3.8) is 0 Å². The van der Waals surface area contributed by atoms with Crippen molar-refractivity contribution in [1.82, 2.24) is 9.55 Å². The van der Waals surface area contributed by atoms with Crippen LogP contribution in [0.4, 0.5) is 5.69 Å². The molecule has 0 aliphatic carbocycles. The highest BCUT2D eigenvalue weighted by molar-refractivity contribution is 5.82. The van der Waals surface area contributed by atoms with Crippen LogP contribution >= 0.6 is 0 Å². The first kappa shape index (κ1) is 19.0. The second kappa shape index (κ2) is 7.06. The van der Waals surface area contributed by atoms with E-state index >= 15 is 0 Å². The molecule has 5 nitrogen and oxygen atoms in total. The van der Waals surface area contributed by atoms with Crippen LogP contribution in [0.3, 0.4) is 0 Å². The van der Waals surface area contributed by atoms with Gasteiger partial charge in [-0.05, 0) is 38.1 Å². The number of rotatable bonds is 3. The molecule has 0 radical (unpaired) electrons. The highest BCUT2D eigenvalue weighted by Gasteiger charge is 2.50. The molecule has 2 aromatic carbocycles. The molecule has 0 bridgehead atoms. The van der Waals surface area contributed by atoms with E-state index in [2.05, 4.69) is 21.6 Å². The van der Waals surface area contributed by atoms with E-state index in [0.29, 0.717) is 6.54 Å². The average molecular weight is 365 g/mol. The van der Waals surface area contributed by atoms with Crippen LogP contribution in [0.5, 0.6) is 0 Å². The molecule has 1 atom stereocenters. The predicted molar refractivity (Wildman–Crippen MR) is 110 cm³/mol. The summed E-state index contributed by atoms with van der Waals surface area (Å²) in [5, 5.41) is 9.34. The van der Waals surface area contributed by atoms with Crippen molar-refractivity contribution in [2.45, 2.75) is 33.2 Å². The van der Waals surface area contributed by atoms with Crippen molar-refractivity contribution in [2.24, 2.45) is 13.0 Å². The number of benzene rings is 2. The number of para-hydroxylation sites is 2. The molecule has 1 unspecified atom stereocenters. The molecule has 0 amide bonds. The minimum absolute atomic E-state index is 0.341. The summed E-state index contributed by atoms with van der Waals surface area (Å²) in [6.45, 7) is 8.50. The summed E-state index contributed by atoms with van der Waals surface area (Å²) < 4.78 is 2.09. The van der Waals surface area contributed by atoms with Crippen LogP contribution in [0.25, 0.3) is 22.4 Å². The lowest BCUT2D eigenvalue weighted by Crippen LogP contribution is -2.66. The first-order valence-electron chi connectivity index (χ1n) is 9.42. The van der Waals surface area contributed by atoms with Crippen molar-refractivity contribution in [3.8, 4) is 11.4 Å². The second-order valence-corrected chi connectivity index (χ2v) is 7.19. The van der Waals surface area contributed by atoms with Crippen LogP contribution in [0.1, 0.15) is 27.7 Å². The van der Waals surface area contributed by atoms with Gasteiger partial charge in [-0.3, -0.25) is 4.79 Å². The molecule has 5 heteroatoms. The maximum absolute atomic E-state index is 11.4. The molecule has 0 saturated carbocycles. The molecule has 3 aromatic rings. The van der Waals surface area contributed by atoms with E-state index in [1.165, 1.54) is 0 Å². The zero-order valence-corrected chi connectivity index (χ0v) is 16.6. The van der Waals surface area contributed by atoms with Gasteiger partial charge in [-0.2, -0.15) is 0 Å². The van der Waals surface area contributed by atoms with Crippen LogP contribution in [0.2, 0.25) is 0 Å². The van der Waals surface area contributed by atoms with E-state index in [1.54, 1.807) is 0 Å². The Bertz CT molecular complexity index is 975. The van der Waals surface area contributed by atoms with Gasteiger partial charge in [0.05, 0.1) is 17.0 Å². The van der Waals surface area contributed by atoms with Gasteiger partial charge < -0.3 is 14.6 Å². The Labute approximate surface area is 160 Å². The largest absolute Gasteiger partial charge is 0.481 e. The SMILES string of the molecule is CC.Cn1c(-c2cccc(N3CC(C(=O)O)C3(C)C)c2)nc2ccccc21. The summed E-state index contributed by atoms with van der Waals surface area (Å²) in [6.07, 6.45) is 0. The van der Waals surface area contributed by atoms with Gasteiger partial charge >= 0.3 is 5.97 Å². The number of carboxylic acid groups (broad SMARTS) is 1. The summed E-state index contributed by atoms with van der Waals surface area (Å²) in [7, 11) is 2.02. The van der Waals surface area contributed by atoms with Crippen LogP contribution in [-0.2, 0) is 11.8 Å². The minimum atomic E-state index is -0.729. The van der Waals surface area contributed by atoms with Gasteiger partial charge in [0.25, 0.3) is 0 Å². The molecular formula is C22H27N3O2. The Morgan fingerprint density at radius 2 is 1.85 bits per heavy atom. The van der Waals surface area contributed by atoms with E-state index in [9.17, 15) is 9.90 Å².